The minimum atomic E-state index is -0.0368. The van der Waals surface area contributed by atoms with Crippen LogP contribution in [0.15, 0.2) is 48.5 Å². The zero-order valence-corrected chi connectivity index (χ0v) is 16.9. The molecule has 5 nitrogen and oxygen atoms in total. The maximum Gasteiger partial charge on any atom is 0.272 e. The number of aromatic nitrogens is 2. The van der Waals surface area contributed by atoms with Crippen molar-refractivity contribution in [3.63, 3.8) is 0 Å². The average molecular weight is 416 g/mol. The molecule has 0 aliphatic carbocycles. The number of likely N-dealkylation sites (tertiary alicyclic amines) is 1. The summed E-state index contributed by atoms with van der Waals surface area (Å²) in [6, 6.07) is 14.6. The highest BCUT2D eigenvalue weighted by Crippen LogP contribution is 2.29. The SMILES string of the molecule is COc1cccc(-c2cc(C(=O)N3CCCC3)n(-c3ccc(Cl)c(Cl)c3)n2)c1. The van der Waals surface area contributed by atoms with Crippen LogP contribution in [-0.4, -0.2) is 40.8 Å². The van der Waals surface area contributed by atoms with Crippen LogP contribution in [0.4, 0.5) is 0 Å². The second kappa shape index (κ2) is 7.86. The van der Waals surface area contributed by atoms with Gasteiger partial charge in [-0.3, -0.25) is 4.79 Å². The Kier molecular flexibility index (Phi) is 5.29. The summed E-state index contributed by atoms with van der Waals surface area (Å²) in [5, 5.41) is 5.57. The van der Waals surface area contributed by atoms with Gasteiger partial charge in [-0.25, -0.2) is 4.68 Å². The van der Waals surface area contributed by atoms with E-state index in [-0.39, 0.29) is 5.91 Å². The number of nitrogens with zero attached hydrogens (tertiary/aromatic N) is 3. The summed E-state index contributed by atoms with van der Waals surface area (Å²) in [5.74, 6) is 0.694. The number of rotatable bonds is 4. The molecule has 7 heteroatoms. The van der Waals surface area contributed by atoms with Crippen LogP contribution in [-0.2, 0) is 0 Å². The number of amides is 1. The zero-order valence-electron chi connectivity index (χ0n) is 15.4. The fourth-order valence-electron chi connectivity index (χ4n) is 3.35. The molecule has 1 fully saturated rings. The Hall–Kier alpha value is -2.50. The molecule has 1 aromatic heterocycles. The predicted molar refractivity (Wildman–Crippen MR) is 111 cm³/mol. The van der Waals surface area contributed by atoms with Crippen molar-refractivity contribution < 1.29 is 9.53 Å². The first-order valence-electron chi connectivity index (χ1n) is 9.06. The Morgan fingerprint density at radius 2 is 1.82 bits per heavy atom. The minimum Gasteiger partial charge on any atom is -0.497 e. The van der Waals surface area contributed by atoms with Gasteiger partial charge in [-0.1, -0.05) is 35.3 Å². The Bertz CT molecular complexity index is 1030. The van der Waals surface area contributed by atoms with Gasteiger partial charge in [0.2, 0.25) is 0 Å². The summed E-state index contributed by atoms with van der Waals surface area (Å²) in [5.41, 5.74) is 2.74. The molecular formula is C21H19Cl2N3O2. The summed E-state index contributed by atoms with van der Waals surface area (Å²) in [7, 11) is 1.62. The van der Waals surface area contributed by atoms with Gasteiger partial charge in [-0.05, 0) is 49.2 Å². The van der Waals surface area contributed by atoms with Gasteiger partial charge in [0.25, 0.3) is 5.91 Å². The third-order valence-corrected chi connectivity index (χ3v) is 5.57. The fourth-order valence-corrected chi connectivity index (χ4v) is 3.65. The minimum absolute atomic E-state index is 0.0368. The van der Waals surface area contributed by atoms with Gasteiger partial charge in [0.1, 0.15) is 11.4 Å². The van der Waals surface area contributed by atoms with Crippen LogP contribution in [0.3, 0.4) is 0 Å². The monoisotopic (exact) mass is 415 g/mol. The van der Waals surface area contributed by atoms with Gasteiger partial charge in [0, 0.05) is 18.7 Å². The normalized spacial score (nSPS) is 13.8. The molecule has 1 amide bonds. The van der Waals surface area contributed by atoms with Crippen LogP contribution in [0.1, 0.15) is 23.3 Å². The summed E-state index contributed by atoms with van der Waals surface area (Å²) in [6.07, 6.45) is 2.05. The molecule has 1 aliphatic rings. The fraction of sp³-hybridized carbons (Fsp3) is 0.238. The standard InChI is InChI=1S/C21H19Cl2N3O2/c1-28-16-6-4-5-14(11-16)19-13-20(21(27)25-9-2-3-10-25)26(24-19)15-7-8-17(22)18(23)12-15/h4-8,11-13H,2-3,9-10H2,1H3. The van der Waals surface area contributed by atoms with Crippen molar-refractivity contribution >= 4 is 29.1 Å². The predicted octanol–water partition coefficient (Wildman–Crippen LogP) is 5.09. The highest BCUT2D eigenvalue weighted by molar-refractivity contribution is 6.42. The molecule has 0 spiro atoms. The molecule has 0 saturated carbocycles. The van der Waals surface area contributed by atoms with Gasteiger partial charge in [-0.15, -0.1) is 0 Å². The van der Waals surface area contributed by atoms with Crippen molar-refractivity contribution in [3.05, 3.63) is 64.3 Å². The zero-order chi connectivity index (χ0) is 19.7. The molecule has 0 unspecified atom stereocenters. The van der Waals surface area contributed by atoms with Gasteiger partial charge >= 0.3 is 0 Å². The Balaban J connectivity index is 1.83. The Labute approximate surface area is 173 Å². The summed E-state index contributed by atoms with van der Waals surface area (Å²) in [6.45, 7) is 1.53. The molecule has 0 N–H and O–H groups in total. The molecule has 1 saturated heterocycles. The van der Waals surface area contributed by atoms with Gasteiger partial charge < -0.3 is 9.64 Å². The van der Waals surface area contributed by atoms with Gasteiger partial charge in [-0.2, -0.15) is 5.10 Å². The van der Waals surface area contributed by atoms with Crippen LogP contribution in [0.2, 0.25) is 10.0 Å². The quantitative estimate of drug-likeness (QED) is 0.595. The van der Waals surface area contributed by atoms with Crippen molar-refractivity contribution in [2.75, 3.05) is 20.2 Å². The molecule has 2 heterocycles. The van der Waals surface area contributed by atoms with E-state index in [9.17, 15) is 4.79 Å². The molecule has 144 valence electrons. The van der Waals surface area contributed by atoms with E-state index in [2.05, 4.69) is 0 Å². The largest absolute Gasteiger partial charge is 0.497 e. The van der Waals surface area contributed by atoms with Crippen molar-refractivity contribution in [1.82, 2.24) is 14.7 Å². The molecule has 1 aliphatic heterocycles. The Morgan fingerprint density at radius 1 is 1.04 bits per heavy atom. The van der Waals surface area contributed by atoms with E-state index >= 15 is 0 Å². The molecule has 4 rings (SSSR count). The van der Waals surface area contributed by atoms with Crippen molar-refractivity contribution in [1.29, 1.82) is 0 Å². The lowest BCUT2D eigenvalue weighted by molar-refractivity contribution is 0.0784. The first kappa shape index (κ1) is 18.8. The van der Waals surface area contributed by atoms with Crippen molar-refractivity contribution in [2.24, 2.45) is 0 Å². The molecule has 28 heavy (non-hydrogen) atoms. The Morgan fingerprint density at radius 3 is 2.54 bits per heavy atom. The number of hydrogen-bond donors (Lipinski definition) is 0. The highest BCUT2D eigenvalue weighted by Gasteiger charge is 2.25. The topological polar surface area (TPSA) is 47.4 Å². The third kappa shape index (κ3) is 3.60. The van der Waals surface area contributed by atoms with E-state index in [0.29, 0.717) is 27.1 Å². The molecule has 0 radical (unpaired) electrons. The molecule has 2 aromatic carbocycles. The highest BCUT2D eigenvalue weighted by atomic mass is 35.5. The first-order chi connectivity index (χ1) is 13.6. The molecular weight excluding hydrogens is 397 g/mol. The lowest BCUT2D eigenvalue weighted by Gasteiger charge is -2.16. The van der Waals surface area contributed by atoms with Gasteiger partial charge in [0.15, 0.2) is 0 Å². The number of carbonyl (C=O) groups is 1. The maximum atomic E-state index is 13.1. The van der Waals surface area contributed by atoms with Crippen molar-refractivity contribution in [2.45, 2.75) is 12.8 Å². The van der Waals surface area contributed by atoms with Crippen LogP contribution >= 0.6 is 23.2 Å². The van der Waals surface area contributed by atoms with E-state index in [1.807, 2.05) is 35.2 Å². The van der Waals surface area contributed by atoms with E-state index in [0.717, 1.165) is 37.2 Å². The average Bonchev–Trinajstić information content (AvgIpc) is 3.40. The van der Waals surface area contributed by atoms with Crippen LogP contribution in [0.5, 0.6) is 5.75 Å². The lowest BCUT2D eigenvalue weighted by atomic mass is 10.1. The smallest absolute Gasteiger partial charge is 0.272 e. The first-order valence-corrected chi connectivity index (χ1v) is 9.81. The molecule has 0 bridgehead atoms. The van der Waals surface area contributed by atoms with E-state index in [1.54, 1.807) is 30.0 Å². The number of ether oxygens (including phenoxy) is 1. The number of carbonyl (C=O) groups excluding carboxylic acids is 1. The second-order valence-electron chi connectivity index (χ2n) is 6.66. The number of benzene rings is 2. The lowest BCUT2D eigenvalue weighted by Crippen LogP contribution is -2.29. The number of methoxy groups -OCH3 is 1. The van der Waals surface area contributed by atoms with E-state index in [1.165, 1.54) is 0 Å². The van der Waals surface area contributed by atoms with E-state index in [4.69, 9.17) is 33.0 Å². The van der Waals surface area contributed by atoms with E-state index < -0.39 is 0 Å². The van der Waals surface area contributed by atoms with Crippen molar-refractivity contribution in [3.8, 4) is 22.7 Å². The van der Waals surface area contributed by atoms with Crippen LogP contribution < -0.4 is 4.74 Å². The molecule has 3 aromatic rings. The summed E-state index contributed by atoms with van der Waals surface area (Å²) >= 11 is 12.3. The summed E-state index contributed by atoms with van der Waals surface area (Å²) in [4.78, 5) is 15.0. The van der Waals surface area contributed by atoms with Crippen LogP contribution in [0.25, 0.3) is 16.9 Å². The third-order valence-electron chi connectivity index (χ3n) is 4.84. The van der Waals surface area contributed by atoms with Gasteiger partial charge in [0.05, 0.1) is 28.5 Å². The van der Waals surface area contributed by atoms with Crippen LogP contribution in [0, 0.1) is 0 Å². The maximum absolute atomic E-state index is 13.1. The second-order valence-corrected chi connectivity index (χ2v) is 7.47. The number of halogens is 2. The number of hydrogen-bond acceptors (Lipinski definition) is 3. The molecule has 0 atom stereocenters. The summed E-state index contributed by atoms with van der Waals surface area (Å²) < 4.78 is 6.95.